The van der Waals surface area contributed by atoms with Crippen molar-refractivity contribution in [1.82, 2.24) is 5.32 Å². The Kier molecular flexibility index (Phi) is 9.48. The lowest BCUT2D eigenvalue weighted by Gasteiger charge is -2.23. The van der Waals surface area contributed by atoms with Gasteiger partial charge in [-0.3, -0.25) is 9.69 Å². The molecule has 5 nitrogen and oxygen atoms in total. The zero-order valence-electron chi connectivity index (χ0n) is 17.6. The van der Waals surface area contributed by atoms with Crippen molar-refractivity contribution < 1.29 is 14.7 Å². The standard InChI is InChI=1S/C24H30N2O3S/c1-4-7-16-26(24(29)25-15-5-2)19-9-8-10-21(17-19)30-20-13-11-18(12-14-20)22(6-3)23(27)28/h5,8-14,17,22H,2,4,6-7,15-16H2,1,3H3,(H,25,29)(H,27,28). The van der Waals surface area contributed by atoms with E-state index in [0.717, 1.165) is 33.9 Å². The third-order valence-corrected chi connectivity index (χ3v) is 5.73. The maximum Gasteiger partial charge on any atom is 0.322 e. The molecule has 0 bridgehead atoms. The summed E-state index contributed by atoms with van der Waals surface area (Å²) in [5.74, 6) is -1.28. The van der Waals surface area contributed by atoms with Crippen molar-refractivity contribution in [3.63, 3.8) is 0 Å². The molecule has 6 heteroatoms. The molecule has 2 aromatic carbocycles. The SMILES string of the molecule is C=CCNC(=O)N(CCCC)c1cccc(Sc2ccc(C(CC)C(=O)O)cc2)c1. The molecule has 2 amide bonds. The highest BCUT2D eigenvalue weighted by Crippen LogP contribution is 2.32. The largest absolute Gasteiger partial charge is 0.481 e. The average molecular weight is 427 g/mol. The van der Waals surface area contributed by atoms with Crippen LogP contribution < -0.4 is 10.2 Å². The Morgan fingerprint density at radius 1 is 1.17 bits per heavy atom. The van der Waals surface area contributed by atoms with E-state index < -0.39 is 11.9 Å². The number of anilines is 1. The van der Waals surface area contributed by atoms with E-state index in [1.807, 2.05) is 55.5 Å². The lowest BCUT2D eigenvalue weighted by atomic mass is 9.97. The van der Waals surface area contributed by atoms with E-state index in [9.17, 15) is 14.7 Å². The van der Waals surface area contributed by atoms with Crippen LogP contribution in [0.2, 0.25) is 0 Å². The van der Waals surface area contributed by atoms with Gasteiger partial charge in [0.2, 0.25) is 0 Å². The third-order valence-electron chi connectivity index (χ3n) is 4.73. The van der Waals surface area contributed by atoms with Gasteiger partial charge in [0.05, 0.1) is 5.92 Å². The smallest absolute Gasteiger partial charge is 0.322 e. The molecule has 160 valence electrons. The number of urea groups is 1. The normalized spacial score (nSPS) is 11.5. The number of rotatable bonds is 11. The van der Waals surface area contributed by atoms with Crippen LogP contribution in [0.1, 0.15) is 44.6 Å². The van der Waals surface area contributed by atoms with Gasteiger partial charge in [0.25, 0.3) is 0 Å². The van der Waals surface area contributed by atoms with Crippen molar-refractivity contribution in [3.05, 3.63) is 66.7 Å². The zero-order chi connectivity index (χ0) is 21.9. The predicted octanol–water partition coefficient (Wildman–Crippen LogP) is 5.92. The number of unbranched alkanes of at least 4 members (excludes halogenated alkanes) is 1. The average Bonchev–Trinajstić information content (AvgIpc) is 2.74. The Labute approximate surface area is 183 Å². The molecule has 0 saturated carbocycles. The monoisotopic (exact) mass is 426 g/mol. The highest BCUT2D eigenvalue weighted by atomic mass is 32.2. The Hall–Kier alpha value is -2.73. The van der Waals surface area contributed by atoms with Crippen LogP contribution in [0.15, 0.2) is 71.0 Å². The summed E-state index contributed by atoms with van der Waals surface area (Å²) < 4.78 is 0. The van der Waals surface area contributed by atoms with Crippen molar-refractivity contribution in [2.75, 3.05) is 18.0 Å². The fourth-order valence-electron chi connectivity index (χ4n) is 3.09. The molecule has 0 spiro atoms. The van der Waals surface area contributed by atoms with Crippen LogP contribution >= 0.6 is 11.8 Å². The molecule has 2 N–H and O–H groups in total. The first-order chi connectivity index (χ1) is 14.5. The van der Waals surface area contributed by atoms with Gasteiger partial charge in [-0.05, 0) is 48.7 Å². The Bertz CT molecular complexity index is 852. The van der Waals surface area contributed by atoms with E-state index in [4.69, 9.17) is 0 Å². The van der Waals surface area contributed by atoms with E-state index in [-0.39, 0.29) is 6.03 Å². The quantitative estimate of drug-likeness (QED) is 0.438. The van der Waals surface area contributed by atoms with Gasteiger partial charge >= 0.3 is 12.0 Å². The molecule has 0 aliphatic heterocycles. The Morgan fingerprint density at radius 3 is 2.50 bits per heavy atom. The highest BCUT2D eigenvalue weighted by Gasteiger charge is 2.18. The fourth-order valence-corrected chi connectivity index (χ4v) is 3.96. The van der Waals surface area contributed by atoms with Crippen LogP contribution in [0.4, 0.5) is 10.5 Å². The minimum absolute atomic E-state index is 0.130. The van der Waals surface area contributed by atoms with Crippen LogP contribution in [0.5, 0.6) is 0 Å². The van der Waals surface area contributed by atoms with E-state index in [1.54, 1.807) is 22.7 Å². The maximum absolute atomic E-state index is 12.6. The molecule has 2 aromatic rings. The van der Waals surface area contributed by atoms with Gasteiger partial charge in [0.1, 0.15) is 0 Å². The van der Waals surface area contributed by atoms with Gasteiger partial charge in [0.15, 0.2) is 0 Å². The lowest BCUT2D eigenvalue weighted by molar-refractivity contribution is -0.138. The van der Waals surface area contributed by atoms with Gasteiger partial charge < -0.3 is 10.4 Å². The molecule has 0 aliphatic rings. The van der Waals surface area contributed by atoms with E-state index >= 15 is 0 Å². The van der Waals surface area contributed by atoms with E-state index in [2.05, 4.69) is 18.8 Å². The van der Waals surface area contributed by atoms with Crippen LogP contribution in [0, 0.1) is 0 Å². The molecule has 0 aromatic heterocycles. The number of benzene rings is 2. The van der Waals surface area contributed by atoms with Crippen molar-refractivity contribution in [2.45, 2.75) is 48.8 Å². The molecule has 1 unspecified atom stereocenters. The predicted molar refractivity (Wildman–Crippen MR) is 124 cm³/mol. The topological polar surface area (TPSA) is 69.6 Å². The number of amides is 2. The molecule has 0 aliphatic carbocycles. The molecular weight excluding hydrogens is 396 g/mol. The minimum atomic E-state index is -0.799. The number of carbonyl (C=O) groups is 2. The number of carbonyl (C=O) groups excluding carboxylic acids is 1. The Balaban J connectivity index is 2.17. The number of carboxylic acid groups (broad SMARTS) is 1. The van der Waals surface area contributed by atoms with Crippen molar-refractivity contribution >= 4 is 29.4 Å². The summed E-state index contributed by atoms with van der Waals surface area (Å²) in [4.78, 5) is 27.7. The van der Waals surface area contributed by atoms with Crippen LogP contribution in [-0.2, 0) is 4.79 Å². The maximum atomic E-state index is 12.6. The second kappa shape index (κ2) is 12.1. The summed E-state index contributed by atoms with van der Waals surface area (Å²) in [6.07, 6.45) is 4.15. The van der Waals surface area contributed by atoms with E-state index in [1.165, 1.54) is 0 Å². The molecule has 0 saturated heterocycles. The highest BCUT2D eigenvalue weighted by molar-refractivity contribution is 7.99. The second-order valence-electron chi connectivity index (χ2n) is 6.95. The van der Waals surface area contributed by atoms with Crippen molar-refractivity contribution in [3.8, 4) is 0 Å². The first-order valence-electron chi connectivity index (χ1n) is 10.3. The number of hydrogen-bond donors (Lipinski definition) is 2. The van der Waals surface area contributed by atoms with Gasteiger partial charge in [-0.15, -0.1) is 6.58 Å². The van der Waals surface area contributed by atoms with Crippen molar-refractivity contribution in [1.29, 1.82) is 0 Å². The molecule has 30 heavy (non-hydrogen) atoms. The number of aliphatic carboxylic acids is 1. The molecule has 0 heterocycles. The molecule has 1 atom stereocenters. The van der Waals surface area contributed by atoms with Gasteiger partial charge in [0, 0.05) is 28.6 Å². The Morgan fingerprint density at radius 2 is 1.90 bits per heavy atom. The first kappa shape index (κ1) is 23.5. The minimum Gasteiger partial charge on any atom is -0.481 e. The molecule has 0 fully saturated rings. The summed E-state index contributed by atoms with van der Waals surface area (Å²) in [7, 11) is 0. The number of carboxylic acids is 1. The summed E-state index contributed by atoms with van der Waals surface area (Å²) >= 11 is 1.59. The van der Waals surface area contributed by atoms with Crippen molar-refractivity contribution in [2.24, 2.45) is 0 Å². The first-order valence-corrected chi connectivity index (χ1v) is 11.1. The zero-order valence-corrected chi connectivity index (χ0v) is 18.5. The summed E-state index contributed by atoms with van der Waals surface area (Å²) in [6, 6.07) is 15.4. The number of nitrogens with zero attached hydrogens (tertiary/aromatic N) is 1. The summed E-state index contributed by atoms with van der Waals surface area (Å²) in [5, 5.41) is 12.2. The van der Waals surface area contributed by atoms with Crippen LogP contribution in [0.25, 0.3) is 0 Å². The van der Waals surface area contributed by atoms with Gasteiger partial charge in [-0.25, -0.2) is 4.79 Å². The summed E-state index contributed by atoms with van der Waals surface area (Å²) in [5.41, 5.74) is 1.66. The number of nitrogens with one attached hydrogen (secondary N) is 1. The van der Waals surface area contributed by atoms with Crippen LogP contribution in [0.3, 0.4) is 0 Å². The van der Waals surface area contributed by atoms with Gasteiger partial charge in [-0.1, -0.05) is 56.3 Å². The third kappa shape index (κ3) is 6.66. The fraction of sp³-hybridized carbons (Fsp3) is 0.333. The molecular formula is C24H30N2O3S. The van der Waals surface area contributed by atoms with Crippen LogP contribution in [-0.4, -0.2) is 30.2 Å². The molecule has 0 radical (unpaired) electrons. The number of hydrogen-bond acceptors (Lipinski definition) is 3. The second-order valence-corrected chi connectivity index (χ2v) is 8.09. The lowest BCUT2D eigenvalue weighted by Crippen LogP contribution is -2.40. The summed E-state index contributed by atoms with van der Waals surface area (Å²) in [6.45, 7) is 8.71. The molecule has 2 rings (SSSR count). The van der Waals surface area contributed by atoms with Gasteiger partial charge in [-0.2, -0.15) is 0 Å². The van der Waals surface area contributed by atoms with E-state index in [0.29, 0.717) is 19.5 Å².